The molecule has 0 amide bonds. The summed E-state index contributed by atoms with van der Waals surface area (Å²) in [5, 5.41) is 10.7. The maximum Gasteiger partial charge on any atom is 0.115 e. The Labute approximate surface area is 197 Å². The van der Waals surface area contributed by atoms with E-state index in [9.17, 15) is 5.11 Å². The van der Waals surface area contributed by atoms with Gasteiger partial charge in [0.25, 0.3) is 0 Å². The number of hydrogen-bond acceptors (Lipinski definition) is 1. The van der Waals surface area contributed by atoms with Gasteiger partial charge in [-0.3, -0.25) is 0 Å². The van der Waals surface area contributed by atoms with Gasteiger partial charge in [0.1, 0.15) is 5.75 Å². The van der Waals surface area contributed by atoms with Crippen molar-refractivity contribution in [2.24, 2.45) is 0 Å². The number of benzene rings is 3. The first-order chi connectivity index (χ1) is 11.8. The van der Waals surface area contributed by atoms with Crippen LogP contribution in [0.25, 0.3) is 11.1 Å². The van der Waals surface area contributed by atoms with Crippen molar-refractivity contribution >= 4 is 13.3 Å². The Bertz CT molecular complexity index is 843. The third-order valence-electron chi connectivity index (χ3n) is 4.54. The van der Waals surface area contributed by atoms with Crippen molar-refractivity contribution in [1.29, 1.82) is 0 Å². The van der Waals surface area contributed by atoms with Crippen molar-refractivity contribution < 1.29 is 51.6 Å². The summed E-state index contributed by atoms with van der Waals surface area (Å²) in [6, 6.07) is 24.0. The van der Waals surface area contributed by atoms with E-state index in [0.29, 0.717) is 5.75 Å². The van der Waals surface area contributed by atoms with Crippen LogP contribution >= 0.6 is 0 Å². The largest absolute Gasteiger partial charge is 1.00 e. The summed E-state index contributed by atoms with van der Waals surface area (Å²) in [6.07, 6.45) is 1.05. The van der Waals surface area contributed by atoms with Crippen molar-refractivity contribution in [3.05, 3.63) is 83.4 Å². The molecule has 0 saturated heterocycles. The summed E-state index contributed by atoms with van der Waals surface area (Å²) in [4.78, 5) is 0. The van der Waals surface area contributed by atoms with Crippen molar-refractivity contribution in [2.75, 3.05) is 0 Å². The zero-order chi connectivity index (χ0) is 18.0. The summed E-state index contributed by atoms with van der Waals surface area (Å²) in [6.45, 7) is 8.85. The van der Waals surface area contributed by atoms with Gasteiger partial charge in [-0.1, -0.05) is 66.3 Å². The fourth-order valence-corrected chi connectivity index (χ4v) is 4.44. The van der Waals surface area contributed by atoms with Crippen molar-refractivity contribution in [1.82, 2.24) is 0 Å². The number of fused-ring (bicyclic) bond motifs is 3. The number of phenolic OH excluding ortho intramolecular Hbond substituents is 1. The molecule has 0 radical (unpaired) electrons. The first kappa shape index (κ1) is 27.0. The van der Waals surface area contributed by atoms with Crippen molar-refractivity contribution in [2.45, 2.75) is 33.0 Å². The molecule has 0 saturated carbocycles. The van der Waals surface area contributed by atoms with Crippen LogP contribution in [0.2, 0.25) is 19.6 Å². The van der Waals surface area contributed by atoms with Crippen LogP contribution in [-0.2, 0) is 28.1 Å². The minimum Gasteiger partial charge on any atom is -1.00 e. The maximum absolute atomic E-state index is 9.38. The Morgan fingerprint density at radius 1 is 0.893 bits per heavy atom. The SMILES string of the molecule is Cc1cc(O)cc([Si](C)(C)C)c1.[Cl-].[Cl-].[Ti].[c-]1cccc2c1Cc1ccccc1-2. The van der Waals surface area contributed by atoms with Gasteiger partial charge in [-0.15, -0.1) is 5.56 Å². The van der Waals surface area contributed by atoms with Crippen LogP contribution in [0, 0.1) is 13.0 Å². The maximum atomic E-state index is 9.38. The molecule has 0 aromatic heterocycles. The average molecular weight is 464 g/mol. The number of phenols is 1. The molecule has 1 N–H and O–H groups in total. The van der Waals surface area contributed by atoms with Crippen molar-refractivity contribution in [3.8, 4) is 16.9 Å². The summed E-state index contributed by atoms with van der Waals surface area (Å²) in [5.41, 5.74) is 6.66. The second-order valence-electron chi connectivity index (χ2n) is 7.70. The van der Waals surface area contributed by atoms with Gasteiger partial charge in [0.15, 0.2) is 0 Å². The number of aryl methyl sites for hydroxylation is 1. The van der Waals surface area contributed by atoms with E-state index in [1.165, 1.54) is 27.4 Å². The molecule has 1 aliphatic carbocycles. The van der Waals surface area contributed by atoms with Gasteiger partial charge < -0.3 is 29.9 Å². The van der Waals surface area contributed by atoms with Crippen LogP contribution in [0.5, 0.6) is 5.75 Å². The Hall–Kier alpha value is -1.03. The van der Waals surface area contributed by atoms with E-state index in [-0.39, 0.29) is 46.5 Å². The Balaban J connectivity index is 0.000000472. The Kier molecular flexibility index (Phi) is 10.8. The number of halogens is 2. The van der Waals surface area contributed by atoms with Crippen LogP contribution in [0.15, 0.2) is 60.7 Å². The molecule has 1 nitrogen and oxygen atoms in total. The van der Waals surface area contributed by atoms with Crippen LogP contribution in [0.3, 0.4) is 0 Å². The predicted molar refractivity (Wildman–Crippen MR) is 109 cm³/mol. The van der Waals surface area contributed by atoms with Crippen LogP contribution in [0.1, 0.15) is 16.7 Å². The molecule has 0 heterocycles. The standard InChI is InChI=1S/C13H9.C10H16OSi.2ClH.Ti/c1-3-7-12-10(5-1)9-11-6-2-4-8-13(11)12;1-8-5-9(11)7-10(6-8)12(2,3)4;;;/h1-5,7-8H,9H2;5-7,11H,1-4H3;2*1H;/q-1;;;;/p-2. The van der Waals surface area contributed by atoms with Crippen LogP contribution < -0.4 is 30.0 Å². The minimum atomic E-state index is -1.26. The molecule has 4 rings (SSSR count). The summed E-state index contributed by atoms with van der Waals surface area (Å²) in [5.74, 6) is 0.396. The smallest absolute Gasteiger partial charge is 0.115 e. The van der Waals surface area contributed by atoms with Crippen LogP contribution in [0.4, 0.5) is 0 Å². The third kappa shape index (κ3) is 6.50. The van der Waals surface area contributed by atoms with Gasteiger partial charge >= 0.3 is 0 Å². The van der Waals surface area contributed by atoms with Crippen molar-refractivity contribution in [3.63, 3.8) is 0 Å². The quantitative estimate of drug-likeness (QED) is 0.292. The van der Waals surface area contributed by atoms with E-state index in [2.05, 4.69) is 68.2 Å². The van der Waals surface area contributed by atoms with Crippen LogP contribution in [-0.4, -0.2) is 13.2 Å². The van der Waals surface area contributed by atoms with Gasteiger partial charge in [0.2, 0.25) is 0 Å². The topological polar surface area (TPSA) is 20.2 Å². The molecule has 3 aromatic rings. The normalized spacial score (nSPS) is 10.7. The molecule has 0 atom stereocenters. The molecular weight excluding hydrogens is 439 g/mol. The molecule has 28 heavy (non-hydrogen) atoms. The molecule has 0 spiro atoms. The first-order valence-electron chi connectivity index (χ1n) is 8.73. The molecule has 148 valence electrons. The summed E-state index contributed by atoms with van der Waals surface area (Å²) >= 11 is 0. The van der Waals surface area contributed by atoms with E-state index in [1.54, 1.807) is 6.07 Å². The zero-order valence-electron chi connectivity index (χ0n) is 16.7. The molecule has 1 aliphatic rings. The van der Waals surface area contributed by atoms with Gasteiger partial charge in [-0.25, -0.2) is 0 Å². The van der Waals surface area contributed by atoms with E-state index in [1.807, 2.05) is 19.1 Å². The number of hydrogen-bond donors (Lipinski definition) is 1. The minimum absolute atomic E-state index is 0. The van der Waals surface area contributed by atoms with E-state index in [0.717, 1.165) is 12.0 Å². The fourth-order valence-electron chi connectivity index (χ4n) is 3.19. The Morgan fingerprint density at radius 2 is 1.54 bits per heavy atom. The van der Waals surface area contributed by atoms with E-state index in [4.69, 9.17) is 0 Å². The van der Waals surface area contributed by atoms with Gasteiger partial charge in [-0.2, -0.15) is 29.8 Å². The molecule has 3 aromatic carbocycles. The first-order valence-corrected chi connectivity index (χ1v) is 12.2. The average Bonchev–Trinajstić information content (AvgIpc) is 2.92. The van der Waals surface area contributed by atoms with Gasteiger partial charge in [0.05, 0.1) is 8.07 Å². The molecule has 0 aliphatic heterocycles. The van der Waals surface area contributed by atoms with Gasteiger partial charge in [0, 0.05) is 21.7 Å². The number of aromatic hydroxyl groups is 1. The molecular formula is C23H25Cl2OSiTi-3. The monoisotopic (exact) mass is 463 g/mol. The van der Waals surface area contributed by atoms with Gasteiger partial charge in [-0.05, 0) is 31.0 Å². The Morgan fingerprint density at radius 3 is 2.18 bits per heavy atom. The third-order valence-corrected chi connectivity index (χ3v) is 6.57. The number of rotatable bonds is 1. The van der Waals surface area contributed by atoms with E-state index < -0.39 is 8.07 Å². The molecule has 0 fully saturated rings. The second kappa shape index (κ2) is 11.2. The second-order valence-corrected chi connectivity index (χ2v) is 12.8. The molecule has 0 unspecified atom stereocenters. The predicted octanol–water partition coefficient (Wildman–Crippen LogP) is -0.691. The summed E-state index contributed by atoms with van der Waals surface area (Å²) < 4.78 is 0. The van der Waals surface area contributed by atoms with E-state index >= 15 is 0 Å². The zero-order valence-corrected chi connectivity index (χ0v) is 20.8. The molecule has 0 bridgehead atoms. The fraction of sp³-hybridized carbons (Fsp3) is 0.217. The molecule has 5 heteroatoms. The summed E-state index contributed by atoms with van der Waals surface area (Å²) in [7, 11) is -1.26.